The molecule has 0 aromatic heterocycles. The normalized spacial score (nSPS) is 22.0. The van der Waals surface area contributed by atoms with Gasteiger partial charge in [0.2, 0.25) is 5.79 Å². The lowest BCUT2D eigenvalue weighted by molar-refractivity contribution is -0.394. The zero-order valence-electron chi connectivity index (χ0n) is 20.9. The third-order valence-electron chi connectivity index (χ3n) is 6.39. The van der Waals surface area contributed by atoms with Crippen LogP contribution in [0.4, 0.5) is 22.7 Å². The lowest BCUT2D eigenvalue weighted by atomic mass is 9.93. The second-order valence-electron chi connectivity index (χ2n) is 9.09. The van der Waals surface area contributed by atoms with Crippen LogP contribution in [0.1, 0.15) is 46.4 Å². The highest BCUT2D eigenvalue weighted by Crippen LogP contribution is 2.38. The topological polar surface area (TPSA) is 244 Å². The highest BCUT2D eigenvalue weighted by molar-refractivity contribution is 5.92. The molecule has 2 aromatic carbocycles. The van der Waals surface area contributed by atoms with Gasteiger partial charge in [0.05, 0.1) is 56.2 Å². The van der Waals surface area contributed by atoms with Gasteiger partial charge in [0, 0.05) is 37.1 Å². The Morgan fingerprint density at radius 3 is 1.59 bits per heavy atom. The quantitative estimate of drug-likeness (QED) is 0.248. The summed E-state index contributed by atoms with van der Waals surface area (Å²) >= 11 is 0. The molecule has 18 heteroatoms. The molecule has 2 saturated heterocycles. The highest BCUT2D eigenvalue weighted by atomic mass is 16.7. The van der Waals surface area contributed by atoms with E-state index in [1.54, 1.807) is 0 Å². The Morgan fingerprint density at radius 1 is 0.707 bits per heavy atom. The zero-order chi connectivity index (χ0) is 29.9. The van der Waals surface area contributed by atoms with Gasteiger partial charge in [0.1, 0.15) is 6.10 Å². The Kier molecular flexibility index (Phi) is 8.15. The number of nitro groups is 4. The summed E-state index contributed by atoms with van der Waals surface area (Å²) in [5.41, 5.74) is -3.81. The predicted molar refractivity (Wildman–Crippen MR) is 131 cm³/mol. The average molecular weight is 576 g/mol. The predicted octanol–water partition coefficient (Wildman–Crippen LogP) is 3.39. The Hall–Kier alpha value is -5.10. The Balaban J connectivity index is 1.58. The molecule has 0 N–H and O–H groups in total. The molecule has 41 heavy (non-hydrogen) atoms. The first-order chi connectivity index (χ1) is 19.4. The van der Waals surface area contributed by atoms with E-state index in [1.807, 2.05) is 0 Å². The smallest absolute Gasteiger partial charge is 0.339 e. The van der Waals surface area contributed by atoms with Crippen molar-refractivity contribution in [2.45, 2.75) is 43.7 Å². The SMILES string of the molecule is O=C(O[C@@H]1CO[C@@]2(CCCCO2)[C@@H](OC(=O)c2cc([N+](=O)[O-])cc([N+](=O)[O-])c2)C1)c1cc([N+](=O)[O-])cc([N+](=O)[O-])c1. The van der Waals surface area contributed by atoms with Crippen molar-refractivity contribution < 1.29 is 48.2 Å². The van der Waals surface area contributed by atoms with Crippen LogP contribution < -0.4 is 0 Å². The maximum Gasteiger partial charge on any atom is 0.339 e. The van der Waals surface area contributed by atoms with E-state index in [-0.39, 0.29) is 26.1 Å². The van der Waals surface area contributed by atoms with Gasteiger partial charge in [-0.2, -0.15) is 0 Å². The maximum atomic E-state index is 13.0. The van der Waals surface area contributed by atoms with Gasteiger partial charge in [-0.05, 0) is 12.8 Å². The minimum Gasteiger partial charge on any atom is -0.456 e. The number of nitro benzene ring substituents is 4. The first-order valence-corrected chi connectivity index (χ1v) is 12.0. The molecule has 2 fully saturated rings. The number of benzene rings is 2. The van der Waals surface area contributed by atoms with Crippen LogP contribution >= 0.6 is 0 Å². The fourth-order valence-electron chi connectivity index (χ4n) is 4.46. The molecule has 18 nitrogen and oxygen atoms in total. The fraction of sp³-hybridized carbons (Fsp3) is 0.391. The average Bonchev–Trinajstić information content (AvgIpc) is 2.94. The van der Waals surface area contributed by atoms with Crippen LogP contribution in [0.3, 0.4) is 0 Å². The number of hydrogen-bond donors (Lipinski definition) is 0. The molecule has 1 spiro atoms. The van der Waals surface area contributed by atoms with Crippen LogP contribution in [0.5, 0.6) is 0 Å². The molecule has 0 amide bonds. The second kappa shape index (κ2) is 11.6. The van der Waals surface area contributed by atoms with Gasteiger partial charge < -0.3 is 18.9 Å². The van der Waals surface area contributed by atoms with E-state index in [0.717, 1.165) is 24.3 Å². The molecular weight excluding hydrogens is 556 g/mol. The Morgan fingerprint density at radius 2 is 1.17 bits per heavy atom. The van der Waals surface area contributed by atoms with Gasteiger partial charge in [-0.25, -0.2) is 9.59 Å². The van der Waals surface area contributed by atoms with Crippen molar-refractivity contribution >= 4 is 34.7 Å². The zero-order valence-corrected chi connectivity index (χ0v) is 20.9. The molecule has 0 aliphatic carbocycles. The number of non-ortho nitro benzene ring substituents is 4. The molecule has 2 aliphatic rings. The van der Waals surface area contributed by atoms with E-state index in [0.29, 0.717) is 25.0 Å². The second-order valence-corrected chi connectivity index (χ2v) is 9.09. The largest absolute Gasteiger partial charge is 0.456 e. The number of nitrogens with zero attached hydrogens (tertiary/aromatic N) is 4. The van der Waals surface area contributed by atoms with Crippen LogP contribution in [-0.2, 0) is 18.9 Å². The number of rotatable bonds is 8. The van der Waals surface area contributed by atoms with Gasteiger partial charge in [-0.1, -0.05) is 0 Å². The van der Waals surface area contributed by atoms with Crippen molar-refractivity contribution in [3.05, 3.63) is 88.0 Å². The number of carbonyl (C=O) groups is 2. The summed E-state index contributed by atoms with van der Waals surface area (Å²) in [4.78, 5) is 67.0. The Labute approximate surface area is 228 Å². The molecule has 4 rings (SSSR count). The molecule has 2 aromatic rings. The van der Waals surface area contributed by atoms with Crippen molar-refractivity contribution in [2.75, 3.05) is 13.2 Å². The third kappa shape index (κ3) is 6.39. The van der Waals surface area contributed by atoms with E-state index in [4.69, 9.17) is 18.9 Å². The first-order valence-electron chi connectivity index (χ1n) is 12.0. The van der Waals surface area contributed by atoms with E-state index < -0.39 is 83.5 Å². The fourth-order valence-corrected chi connectivity index (χ4v) is 4.46. The molecule has 2 heterocycles. The summed E-state index contributed by atoms with van der Waals surface area (Å²) < 4.78 is 22.6. The summed E-state index contributed by atoms with van der Waals surface area (Å²) in [5.74, 6) is -3.78. The monoisotopic (exact) mass is 576 g/mol. The number of carbonyl (C=O) groups excluding carboxylic acids is 2. The molecule has 0 radical (unpaired) electrons. The third-order valence-corrected chi connectivity index (χ3v) is 6.39. The summed E-state index contributed by atoms with van der Waals surface area (Å²) in [6, 6.07) is 4.58. The van der Waals surface area contributed by atoms with Gasteiger partial charge in [-0.3, -0.25) is 40.5 Å². The standard InChI is InChI=1S/C23H20N4O14/c28-21(13-5-15(24(30)31)9-16(6-13)25(32)33)40-19-11-20(23(39-12-19)3-1-2-4-38-23)41-22(29)14-7-17(26(34)35)10-18(8-14)27(36)37/h5-10,19-20H,1-4,11-12H2/t19-,20-,23-/m0/s1. The van der Waals surface area contributed by atoms with Gasteiger partial charge in [-0.15, -0.1) is 0 Å². The van der Waals surface area contributed by atoms with Gasteiger partial charge in [0.15, 0.2) is 6.10 Å². The van der Waals surface area contributed by atoms with Crippen molar-refractivity contribution in [1.82, 2.24) is 0 Å². The van der Waals surface area contributed by atoms with Crippen LogP contribution in [0.2, 0.25) is 0 Å². The van der Waals surface area contributed by atoms with Gasteiger partial charge >= 0.3 is 11.9 Å². The Bertz CT molecular complexity index is 1370. The lowest BCUT2D eigenvalue weighted by Crippen LogP contribution is -2.57. The molecule has 0 saturated carbocycles. The summed E-state index contributed by atoms with van der Waals surface area (Å²) in [6.45, 7) is -0.0166. The molecular formula is C23H20N4O14. The minimum absolute atomic E-state index is 0.217. The molecule has 3 atom stereocenters. The molecule has 0 bridgehead atoms. The first kappa shape index (κ1) is 28.9. The lowest BCUT2D eigenvalue weighted by Gasteiger charge is -2.46. The maximum absolute atomic E-state index is 13.0. The van der Waals surface area contributed by atoms with E-state index in [2.05, 4.69) is 0 Å². The summed E-state index contributed by atoms with van der Waals surface area (Å²) in [6.07, 6.45) is -1.04. The van der Waals surface area contributed by atoms with Crippen LogP contribution in [0.15, 0.2) is 36.4 Å². The number of ether oxygens (including phenoxy) is 4. The number of esters is 2. The van der Waals surface area contributed by atoms with E-state index >= 15 is 0 Å². The highest BCUT2D eigenvalue weighted by Gasteiger charge is 2.50. The minimum atomic E-state index is -1.46. The summed E-state index contributed by atoms with van der Waals surface area (Å²) in [7, 11) is 0. The van der Waals surface area contributed by atoms with Crippen LogP contribution in [-0.4, -0.2) is 62.8 Å². The van der Waals surface area contributed by atoms with Crippen LogP contribution in [0.25, 0.3) is 0 Å². The molecule has 0 unspecified atom stereocenters. The van der Waals surface area contributed by atoms with Crippen molar-refractivity contribution in [2.24, 2.45) is 0 Å². The van der Waals surface area contributed by atoms with Crippen LogP contribution in [0, 0.1) is 40.5 Å². The van der Waals surface area contributed by atoms with Crippen molar-refractivity contribution in [1.29, 1.82) is 0 Å². The summed E-state index contributed by atoms with van der Waals surface area (Å²) in [5, 5.41) is 44.8. The van der Waals surface area contributed by atoms with Crippen molar-refractivity contribution in [3.63, 3.8) is 0 Å². The molecule has 216 valence electrons. The van der Waals surface area contributed by atoms with Crippen molar-refractivity contribution in [3.8, 4) is 0 Å². The number of hydrogen-bond acceptors (Lipinski definition) is 14. The van der Waals surface area contributed by atoms with Gasteiger partial charge in [0.25, 0.3) is 22.7 Å². The van der Waals surface area contributed by atoms with E-state index in [1.165, 1.54) is 0 Å². The van der Waals surface area contributed by atoms with E-state index in [9.17, 15) is 50.0 Å². The molecule has 2 aliphatic heterocycles.